The third-order valence-corrected chi connectivity index (χ3v) is 5.04. The van der Waals surface area contributed by atoms with Gasteiger partial charge in [-0.25, -0.2) is 4.98 Å². The van der Waals surface area contributed by atoms with Crippen LogP contribution in [-0.2, 0) is 29.1 Å². The van der Waals surface area contributed by atoms with Gasteiger partial charge in [0.1, 0.15) is 5.01 Å². The summed E-state index contributed by atoms with van der Waals surface area (Å²) >= 11 is 1.55. The summed E-state index contributed by atoms with van der Waals surface area (Å²) < 4.78 is 5.07. The molecule has 1 fully saturated rings. The molecular formula is C18H23N3O2S. The molecule has 1 aliphatic rings. The first-order valence-electron chi connectivity index (χ1n) is 8.21. The van der Waals surface area contributed by atoms with Gasteiger partial charge in [0.2, 0.25) is 5.91 Å². The van der Waals surface area contributed by atoms with Gasteiger partial charge in [0.15, 0.2) is 0 Å². The Kier molecular flexibility index (Phi) is 5.96. The fourth-order valence-corrected chi connectivity index (χ4v) is 3.65. The summed E-state index contributed by atoms with van der Waals surface area (Å²) in [6, 6.07) is 10.5. The standard InChI is InChI=1S/C18H23N3O2S/c1-23-13-17-19-16(14-24-17)11-18(22)21-9-7-20(8-10-21)12-15-5-3-2-4-6-15/h2-6,14H,7-13H2,1H3. The SMILES string of the molecule is COCc1nc(CC(=O)N2CCN(Cc3ccccc3)CC2)cs1. The molecule has 1 aromatic carbocycles. The van der Waals surface area contributed by atoms with Crippen molar-refractivity contribution in [3.63, 3.8) is 0 Å². The Morgan fingerprint density at radius 2 is 1.96 bits per heavy atom. The number of methoxy groups -OCH3 is 1. The molecule has 2 aromatic rings. The van der Waals surface area contributed by atoms with Crippen molar-refractivity contribution in [3.05, 3.63) is 52.0 Å². The van der Waals surface area contributed by atoms with Crippen molar-refractivity contribution in [1.82, 2.24) is 14.8 Å². The zero-order valence-electron chi connectivity index (χ0n) is 14.0. The highest BCUT2D eigenvalue weighted by Crippen LogP contribution is 2.13. The number of carbonyl (C=O) groups excluding carboxylic acids is 1. The summed E-state index contributed by atoms with van der Waals surface area (Å²) in [5.74, 6) is 0.170. The normalized spacial score (nSPS) is 15.6. The highest BCUT2D eigenvalue weighted by Gasteiger charge is 2.21. The summed E-state index contributed by atoms with van der Waals surface area (Å²) in [6.07, 6.45) is 0.388. The molecule has 0 bridgehead atoms. The van der Waals surface area contributed by atoms with Crippen LogP contribution >= 0.6 is 11.3 Å². The molecule has 0 aliphatic carbocycles. The largest absolute Gasteiger partial charge is 0.378 e. The van der Waals surface area contributed by atoms with Crippen LogP contribution in [0.1, 0.15) is 16.3 Å². The minimum Gasteiger partial charge on any atom is -0.378 e. The molecule has 0 atom stereocenters. The summed E-state index contributed by atoms with van der Waals surface area (Å²) in [4.78, 5) is 21.2. The quantitative estimate of drug-likeness (QED) is 0.805. The third kappa shape index (κ3) is 4.63. The number of ether oxygens (including phenoxy) is 1. The number of piperazine rings is 1. The van der Waals surface area contributed by atoms with Crippen molar-refractivity contribution < 1.29 is 9.53 Å². The van der Waals surface area contributed by atoms with Crippen LogP contribution in [-0.4, -0.2) is 54.0 Å². The Morgan fingerprint density at radius 1 is 1.21 bits per heavy atom. The van der Waals surface area contributed by atoms with Crippen LogP contribution in [0.25, 0.3) is 0 Å². The number of benzene rings is 1. The number of hydrogen-bond donors (Lipinski definition) is 0. The molecule has 2 heterocycles. The van der Waals surface area contributed by atoms with E-state index >= 15 is 0 Å². The number of rotatable bonds is 6. The molecule has 0 N–H and O–H groups in total. The van der Waals surface area contributed by atoms with Gasteiger partial charge in [-0.1, -0.05) is 30.3 Å². The van der Waals surface area contributed by atoms with E-state index in [0.29, 0.717) is 13.0 Å². The van der Waals surface area contributed by atoms with E-state index in [2.05, 4.69) is 34.1 Å². The minimum absolute atomic E-state index is 0.170. The van der Waals surface area contributed by atoms with E-state index in [9.17, 15) is 4.79 Å². The van der Waals surface area contributed by atoms with Gasteiger partial charge in [-0.2, -0.15) is 0 Å². The van der Waals surface area contributed by atoms with Gasteiger partial charge >= 0.3 is 0 Å². The van der Waals surface area contributed by atoms with E-state index < -0.39 is 0 Å². The molecule has 1 aliphatic heterocycles. The van der Waals surface area contributed by atoms with Crippen molar-refractivity contribution >= 4 is 17.2 Å². The molecule has 1 amide bonds. The first-order chi connectivity index (χ1) is 11.7. The summed E-state index contributed by atoms with van der Waals surface area (Å²) in [5.41, 5.74) is 2.18. The zero-order chi connectivity index (χ0) is 16.8. The maximum atomic E-state index is 12.4. The summed E-state index contributed by atoms with van der Waals surface area (Å²) in [5, 5.41) is 2.88. The number of amides is 1. The van der Waals surface area contributed by atoms with E-state index in [4.69, 9.17) is 4.74 Å². The number of aromatic nitrogens is 1. The van der Waals surface area contributed by atoms with Gasteiger partial charge in [0.05, 0.1) is 18.7 Å². The van der Waals surface area contributed by atoms with Crippen LogP contribution in [0.3, 0.4) is 0 Å². The fourth-order valence-electron chi connectivity index (χ4n) is 2.88. The maximum absolute atomic E-state index is 12.4. The van der Waals surface area contributed by atoms with Gasteiger partial charge in [-0.3, -0.25) is 9.69 Å². The average Bonchev–Trinajstić information content (AvgIpc) is 3.04. The lowest BCUT2D eigenvalue weighted by atomic mass is 10.2. The van der Waals surface area contributed by atoms with Crippen molar-refractivity contribution in [3.8, 4) is 0 Å². The molecule has 128 valence electrons. The van der Waals surface area contributed by atoms with Crippen LogP contribution in [0.15, 0.2) is 35.7 Å². The molecule has 6 heteroatoms. The second kappa shape index (κ2) is 8.37. The Hall–Kier alpha value is -1.76. The lowest BCUT2D eigenvalue weighted by Crippen LogP contribution is -2.48. The highest BCUT2D eigenvalue weighted by atomic mass is 32.1. The van der Waals surface area contributed by atoms with Crippen LogP contribution in [0.2, 0.25) is 0 Å². The highest BCUT2D eigenvalue weighted by molar-refractivity contribution is 7.09. The molecule has 3 rings (SSSR count). The third-order valence-electron chi connectivity index (χ3n) is 4.17. The Labute approximate surface area is 146 Å². The summed E-state index contributed by atoms with van der Waals surface area (Å²) in [7, 11) is 1.65. The molecule has 5 nitrogen and oxygen atoms in total. The van der Waals surface area contributed by atoms with E-state index in [1.807, 2.05) is 16.3 Å². The van der Waals surface area contributed by atoms with E-state index in [-0.39, 0.29) is 5.91 Å². The smallest absolute Gasteiger partial charge is 0.228 e. The van der Waals surface area contributed by atoms with Crippen molar-refractivity contribution in [2.75, 3.05) is 33.3 Å². The average molecular weight is 345 g/mol. The predicted molar refractivity (Wildman–Crippen MR) is 94.8 cm³/mol. The maximum Gasteiger partial charge on any atom is 0.228 e. The van der Waals surface area contributed by atoms with Gasteiger partial charge in [0.25, 0.3) is 0 Å². The first-order valence-corrected chi connectivity index (χ1v) is 9.09. The molecule has 0 spiro atoms. The molecular weight excluding hydrogens is 322 g/mol. The van der Waals surface area contributed by atoms with Gasteiger partial charge in [-0.15, -0.1) is 11.3 Å². The molecule has 0 unspecified atom stereocenters. The van der Waals surface area contributed by atoms with E-state index in [1.54, 1.807) is 18.4 Å². The number of carbonyl (C=O) groups is 1. The topological polar surface area (TPSA) is 45.7 Å². The molecule has 0 radical (unpaired) electrons. The predicted octanol–water partition coefficient (Wildman–Crippen LogP) is 2.18. The Morgan fingerprint density at radius 3 is 2.67 bits per heavy atom. The van der Waals surface area contributed by atoms with Gasteiger partial charge in [-0.05, 0) is 5.56 Å². The van der Waals surface area contributed by atoms with Crippen LogP contribution in [0.4, 0.5) is 0 Å². The lowest BCUT2D eigenvalue weighted by Gasteiger charge is -2.34. The molecule has 0 saturated carbocycles. The minimum atomic E-state index is 0.170. The van der Waals surface area contributed by atoms with E-state index in [0.717, 1.165) is 43.4 Å². The second-order valence-electron chi connectivity index (χ2n) is 5.98. The first kappa shape index (κ1) is 17.1. The molecule has 1 saturated heterocycles. The van der Waals surface area contributed by atoms with Crippen LogP contribution in [0.5, 0.6) is 0 Å². The number of thiazole rings is 1. The molecule has 24 heavy (non-hydrogen) atoms. The van der Waals surface area contributed by atoms with Gasteiger partial charge < -0.3 is 9.64 Å². The van der Waals surface area contributed by atoms with Gasteiger partial charge in [0, 0.05) is 45.2 Å². The zero-order valence-corrected chi connectivity index (χ0v) is 14.8. The van der Waals surface area contributed by atoms with Crippen molar-refractivity contribution in [2.24, 2.45) is 0 Å². The van der Waals surface area contributed by atoms with Crippen molar-refractivity contribution in [2.45, 2.75) is 19.6 Å². The lowest BCUT2D eigenvalue weighted by molar-refractivity contribution is -0.132. The number of nitrogens with zero attached hydrogens (tertiary/aromatic N) is 3. The second-order valence-corrected chi connectivity index (χ2v) is 6.93. The van der Waals surface area contributed by atoms with Crippen LogP contribution < -0.4 is 0 Å². The molecule has 1 aromatic heterocycles. The Balaban J connectivity index is 1.46. The fraction of sp³-hybridized carbons (Fsp3) is 0.444. The number of hydrogen-bond acceptors (Lipinski definition) is 5. The monoisotopic (exact) mass is 345 g/mol. The van der Waals surface area contributed by atoms with Crippen LogP contribution in [0, 0.1) is 0 Å². The van der Waals surface area contributed by atoms with Crippen molar-refractivity contribution in [1.29, 1.82) is 0 Å². The Bertz CT molecular complexity index is 651. The van der Waals surface area contributed by atoms with E-state index in [1.165, 1.54) is 5.56 Å². The summed E-state index contributed by atoms with van der Waals surface area (Å²) in [6.45, 7) is 4.90.